The Hall–Kier alpha value is -3.75. The highest BCUT2D eigenvalue weighted by Gasteiger charge is 2.30. The maximum Gasteiger partial charge on any atom is 0.328 e. The van der Waals surface area contributed by atoms with Gasteiger partial charge in [-0.1, -0.05) is 48.0 Å². The van der Waals surface area contributed by atoms with Crippen LogP contribution in [-0.4, -0.2) is 34.6 Å². The second kappa shape index (κ2) is 10.9. The molecule has 1 aliphatic rings. The number of hydrogen-bond donors (Lipinski definition) is 3. The van der Waals surface area contributed by atoms with Crippen molar-refractivity contribution < 1.29 is 19.5 Å². The van der Waals surface area contributed by atoms with E-state index in [4.69, 9.17) is 21.7 Å². The van der Waals surface area contributed by atoms with Gasteiger partial charge in [-0.2, -0.15) is 0 Å². The van der Waals surface area contributed by atoms with Gasteiger partial charge in [0.1, 0.15) is 11.0 Å². The summed E-state index contributed by atoms with van der Waals surface area (Å²) in [7, 11) is 0. The minimum absolute atomic E-state index is 0.102. The molecule has 0 fully saturated rings. The van der Waals surface area contributed by atoms with Gasteiger partial charge in [0.2, 0.25) is 11.8 Å². The van der Waals surface area contributed by atoms with Gasteiger partial charge in [0.15, 0.2) is 0 Å². The number of carbonyl (C=O) groups excluding carboxylic acids is 2. The highest BCUT2D eigenvalue weighted by molar-refractivity contribution is 7.17. The number of carboxylic acid groups (broad SMARTS) is 1. The molecule has 0 spiro atoms. The van der Waals surface area contributed by atoms with E-state index in [-0.39, 0.29) is 24.8 Å². The summed E-state index contributed by atoms with van der Waals surface area (Å²) in [4.78, 5) is 42.3. The number of nitrogens with one attached hydrogen (secondary N) is 2. The number of anilines is 1. The van der Waals surface area contributed by atoms with Crippen molar-refractivity contribution in [2.45, 2.75) is 32.9 Å². The van der Waals surface area contributed by atoms with Crippen molar-refractivity contribution in [1.82, 2.24) is 5.32 Å². The molecule has 3 N–H and O–H groups in total. The fourth-order valence-electron chi connectivity index (χ4n) is 3.80. The van der Waals surface area contributed by atoms with E-state index in [9.17, 15) is 14.4 Å². The summed E-state index contributed by atoms with van der Waals surface area (Å²) in [5, 5.41) is 15.9. The first-order valence-electron chi connectivity index (χ1n) is 11.2. The lowest BCUT2D eigenvalue weighted by Gasteiger charge is -2.12. The number of aliphatic imine (C=N–C) groups is 1. The van der Waals surface area contributed by atoms with E-state index in [1.165, 1.54) is 17.4 Å². The molecule has 0 unspecified atom stereocenters. The van der Waals surface area contributed by atoms with E-state index in [2.05, 4.69) is 10.6 Å². The van der Waals surface area contributed by atoms with E-state index in [0.717, 1.165) is 43.8 Å². The fourth-order valence-corrected chi connectivity index (χ4v) is 4.99. The number of rotatable bonds is 7. The molecule has 7 nitrogen and oxygen atoms in total. The summed E-state index contributed by atoms with van der Waals surface area (Å²) in [6.07, 6.45) is 2.46. The van der Waals surface area contributed by atoms with Gasteiger partial charge in [-0.15, -0.1) is 11.3 Å². The summed E-state index contributed by atoms with van der Waals surface area (Å²) < 4.78 is 0. The second-order valence-electron chi connectivity index (χ2n) is 8.37. The molecule has 0 radical (unpaired) electrons. The van der Waals surface area contributed by atoms with E-state index in [0.29, 0.717) is 10.7 Å². The van der Waals surface area contributed by atoms with Crippen molar-refractivity contribution in [2.75, 3.05) is 5.32 Å². The molecule has 36 heavy (non-hydrogen) atoms. The number of nitrogens with zero attached hydrogens (tertiary/aromatic N) is 1. The average Bonchev–Trinajstić information content (AvgIpc) is 3.04. The van der Waals surface area contributed by atoms with Gasteiger partial charge >= 0.3 is 5.97 Å². The molecule has 1 aromatic heterocycles. The SMILES string of the molecule is Cc1sc2c(c1C)C(c1ccc(Cl)cc1)=N[C@@H](CC(=O)NCc1ccc(/C=C/C(=O)O)cc1)C(=O)N2. The molecule has 1 atom stereocenters. The molecular formula is C27H24ClN3O4S. The van der Waals surface area contributed by atoms with E-state index < -0.39 is 12.0 Å². The molecular weight excluding hydrogens is 498 g/mol. The first kappa shape index (κ1) is 25.3. The summed E-state index contributed by atoms with van der Waals surface area (Å²) in [6.45, 7) is 4.27. The van der Waals surface area contributed by atoms with Crippen molar-refractivity contribution >= 4 is 57.5 Å². The third-order valence-corrected chi connectivity index (χ3v) is 7.21. The zero-order valence-electron chi connectivity index (χ0n) is 19.7. The first-order chi connectivity index (χ1) is 17.2. The Morgan fingerprint density at radius 1 is 1.14 bits per heavy atom. The van der Waals surface area contributed by atoms with Crippen LogP contribution in [-0.2, 0) is 20.9 Å². The second-order valence-corrected chi connectivity index (χ2v) is 10.0. The summed E-state index contributed by atoms with van der Waals surface area (Å²) >= 11 is 7.57. The molecule has 2 amide bonds. The summed E-state index contributed by atoms with van der Waals surface area (Å²) in [5.74, 6) is -1.65. The average molecular weight is 522 g/mol. The Bertz CT molecular complexity index is 1380. The highest BCUT2D eigenvalue weighted by atomic mass is 35.5. The maximum atomic E-state index is 13.0. The van der Waals surface area contributed by atoms with Crippen LogP contribution in [0.2, 0.25) is 5.02 Å². The number of benzene rings is 2. The number of halogens is 1. The van der Waals surface area contributed by atoms with Gasteiger partial charge in [-0.3, -0.25) is 14.6 Å². The van der Waals surface area contributed by atoms with Crippen LogP contribution in [0.15, 0.2) is 59.6 Å². The van der Waals surface area contributed by atoms with Crippen LogP contribution in [0.25, 0.3) is 6.08 Å². The Labute approximate surface area is 217 Å². The largest absolute Gasteiger partial charge is 0.478 e. The zero-order chi connectivity index (χ0) is 25.8. The van der Waals surface area contributed by atoms with Crippen LogP contribution in [0.1, 0.15) is 39.1 Å². The van der Waals surface area contributed by atoms with E-state index in [1.807, 2.05) is 26.0 Å². The third kappa shape index (κ3) is 5.90. The van der Waals surface area contributed by atoms with Crippen molar-refractivity contribution in [3.05, 3.63) is 92.3 Å². The normalized spacial score (nSPS) is 15.1. The number of thiophene rings is 1. The molecule has 2 heterocycles. The van der Waals surface area contributed by atoms with Gasteiger partial charge in [-0.05, 0) is 48.7 Å². The quantitative estimate of drug-likeness (QED) is 0.381. The lowest BCUT2D eigenvalue weighted by atomic mass is 10.00. The summed E-state index contributed by atoms with van der Waals surface area (Å²) in [6, 6.07) is 13.5. The van der Waals surface area contributed by atoms with Crippen LogP contribution >= 0.6 is 22.9 Å². The molecule has 4 rings (SSSR count). The number of carboxylic acids is 1. The number of hydrogen-bond acceptors (Lipinski definition) is 5. The highest BCUT2D eigenvalue weighted by Crippen LogP contribution is 2.36. The molecule has 2 aromatic carbocycles. The van der Waals surface area contributed by atoms with Crippen molar-refractivity contribution in [1.29, 1.82) is 0 Å². The predicted molar refractivity (Wildman–Crippen MR) is 143 cm³/mol. The van der Waals surface area contributed by atoms with Gasteiger partial charge in [0.25, 0.3) is 0 Å². The smallest absolute Gasteiger partial charge is 0.328 e. The maximum absolute atomic E-state index is 13.0. The van der Waals surface area contributed by atoms with Crippen LogP contribution in [0.3, 0.4) is 0 Å². The molecule has 0 saturated carbocycles. The molecule has 0 saturated heterocycles. The van der Waals surface area contributed by atoms with Crippen LogP contribution in [0.5, 0.6) is 0 Å². The molecule has 0 aliphatic carbocycles. The van der Waals surface area contributed by atoms with Crippen molar-refractivity contribution in [3.8, 4) is 0 Å². The Balaban J connectivity index is 1.51. The monoisotopic (exact) mass is 521 g/mol. The molecule has 184 valence electrons. The standard InChI is InChI=1S/C27H24ClN3O4S/c1-15-16(2)36-27-24(15)25(19-8-10-20(28)11-9-19)30-21(26(35)31-27)13-22(32)29-14-18-5-3-17(4-6-18)7-12-23(33)34/h3-12,21H,13-14H2,1-2H3,(H,29,32)(H,31,35)(H,33,34)/b12-7+/t21-/m0/s1. The number of carbonyl (C=O) groups is 3. The number of amides is 2. The van der Waals surface area contributed by atoms with E-state index >= 15 is 0 Å². The molecule has 0 bridgehead atoms. The molecule has 3 aromatic rings. The minimum atomic E-state index is -1.02. The Kier molecular flexibility index (Phi) is 7.67. The third-order valence-electron chi connectivity index (χ3n) is 5.83. The predicted octanol–water partition coefficient (Wildman–Crippen LogP) is 4.98. The lowest BCUT2D eigenvalue weighted by Crippen LogP contribution is -2.33. The topological polar surface area (TPSA) is 108 Å². The van der Waals surface area contributed by atoms with Gasteiger partial charge in [0, 0.05) is 33.6 Å². The minimum Gasteiger partial charge on any atom is -0.478 e. The van der Waals surface area contributed by atoms with E-state index in [1.54, 1.807) is 36.4 Å². The number of fused-ring (bicyclic) bond motifs is 1. The van der Waals surface area contributed by atoms with Crippen molar-refractivity contribution in [2.24, 2.45) is 4.99 Å². The number of aryl methyl sites for hydroxylation is 1. The van der Waals surface area contributed by atoms with Crippen LogP contribution < -0.4 is 10.6 Å². The lowest BCUT2D eigenvalue weighted by molar-refractivity contribution is -0.131. The van der Waals surface area contributed by atoms with Gasteiger partial charge < -0.3 is 15.7 Å². The number of aliphatic carboxylic acids is 1. The van der Waals surface area contributed by atoms with Crippen molar-refractivity contribution in [3.63, 3.8) is 0 Å². The zero-order valence-corrected chi connectivity index (χ0v) is 21.2. The Morgan fingerprint density at radius 2 is 1.83 bits per heavy atom. The van der Waals surface area contributed by atoms with Gasteiger partial charge in [-0.25, -0.2) is 4.79 Å². The summed E-state index contributed by atoms with van der Waals surface area (Å²) in [5.41, 5.74) is 4.97. The van der Waals surface area contributed by atoms with Gasteiger partial charge in [0.05, 0.1) is 12.1 Å². The van der Waals surface area contributed by atoms with Crippen LogP contribution in [0.4, 0.5) is 5.00 Å². The molecule has 9 heteroatoms. The van der Waals surface area contributed by atoms with Crippen LogP contribution in [0, 0.1) is 13.8 Å². The molecule has 1 aliphatic heterocycles. The fraction of sp³-hybridized carbons (Fsp3) is 0.185. The first-order valence-corrected chi connectivity index (χ1v) is 12.4. The Morgan fingerprint density at radius 3 is 2.50 bits per heavy atom.